The largest absolute Gasteiger partial charge is 0.366 e. The van der Waals surface area contributed by atoms with E-state index in [-0.39, 0.29) is 24.2 Å². The number of rotatable bonds is 5. The van der Waals surface area contributed by atoms with Crippen LogP contribution in [0.2, 0.25) is 0 Å². The second-order valence-corrected chi connectivity index (χ2v) is 6.59. The summed E-state index contributed by atoms with van der Waals surface area (Å²) in [6, 6.07) is 14.4. The lowest BCUT2D eigenvalue weighted by Crippen LogP contribution is -2.28. The van der Waals surface area contributed by atoms with Crippen molar-refractivity contribution in [2.75, 3.05) is 11.9 Å². The molecule has 1 fully saturated rings. The van der Waals surface area contributed by atoms with Gasteiger partial charge in [-0.2, -0.15) is 0 Å². The molecule has 3 rings (SSSR count). The van der Waals surface area contributed by atoms with Gasteiger partial charge in [-0.3, -0.25) is 14.4 Å². The highest BCUT2D eigenvalue weighted by Crippen LogP contribution is 2.22. The van der Waals surface area contributed by atoms with Gasteiger partial charge in [0, 0.05) is 30.8 Å². The fourth-order valence-electron chi connectivity index (χ4n) is 2.98. The lowest BCUT2D eigenvalue weighted by molar-refractivity contribution is -0.128. The normalized spacial score (nSPS) is 16.6. The predicted molar refractivity (Wildman–Crippen MR) is 98.3 cm³/mol. The van der Waals surface area contributed by atoms with E-state index in [1.165, 1.54) is 5.56 Å². The van der Waals surface area contributed by atoms with Crippen molar-refractivity contribution >= 4 is 23.4 Å². The first-order valence-corrected chi connectivity index (χ1v) is 8.46. The number of nitrogens with zero attached hydrogens (tertiary/aromatic N) is 1. The average Bonchev–Trinajstić information content (AvgIpc) is 2.98. The average molecular weight is 351 g/mol. The zero-order chi connectivity index (χ0) is 18.7. The number of carbonyl (C=O) groups excluding carboxylic acids is 3. The molecular weight excluding hydrogens is 330 g/mol. The molecule has 1 aliphatic heterocycles. The van der Waals surface area contributed by atoms with E-state index in [1.54, 1.807) is 29.2 Å². The van der Waals surface area contributed by atoms with Gasteiger partial charge in [0.05, 0.1) is 5.92 Å². The first-order valence-electron chi connectivity index (χ1n) is 8.46. The van der Waals surface area contributed by atoms with E-state index in [1.807, 2.05) is 31.2 Å². The minimum atomic E-state index is -0.518. The van der Waals surface area contributed by atoms with E-state index in [0.717, 1.165) is 5.56 Å². The lowest BCUT2D eigenvalue weighted by Gasteiger charge is -2.17. The van der Waals surface area contributed by atoms with E-state index in [9.17, 15) is 14.4 Å². The summed E-state index contributed by atoms with van der Waals surface area (Å²) in [7, 11) is 0. The fourth-order valence-corrected chi connectivity index (χ4v) is 2.98. The molecule has 0 aromatic heterocycles. The third-order valence-electron chi connectivity index (χ3n) is 4.52. The molecule has 0 saturated carbocycles. The molecule has 1 atom stereocenters. The molecule has 2 aromatic rings. The van der Waals surface area contributed by atoms with Gasteiger partial charge < -0.3 is 16.0 Å². The van der Waals surface area contributed by atoms with Crippen LogP contribution in [0.3, 0.4) is 0 Å². The molecule has 3 N–H and O–H groups in total. The smallest absolute Gasteiger partial charge is 0.248 e. The number of anilines is 1. The Morgan fingerprint density at radius 1 is 1.12 bits per heavy atom. The SMILES string of the molecule is Cc1ccc(CN2CC(C(=O)Nc3ccc(C(N)=O)cc3)CC2=O)cc1. The number of nitrogens with one attached hydrogen (secondary N) is 1. The van der Waals surface area contributed by atoms with Crippen molar-refractivity contribution in [3.63, 3.8) is 0 Å². The van der Waals surface area contributed by atoms with Crippen LogP contribution in [-0.4, -0.2) is 29.2 Å². The number of carbonyl (C=O) groups is 3. The summed E-state index contributed by atoms with van der Waals surface area (Å²) in [5.74, 6) is -1.12. The Labute approximate surface area is 152 Å². The molecule has 0 radical (unpaired) electrons. The molecule has 0 spiro atoms. The lowest BCUT2D eigenvalue weighted by atomic mass is 10.1. The summed E-state index contributed by atoms with van der Waals surface area (Å²) in [4.78, 5) is 37.5. The first-order chi connectivity index (χ1) is 12.4. The number of hydrogen-bond acceptors (Lipinski definition) is 3. The fraction of sp³-hybridized carbons (Fsp3) is 0.250. The quantitative estimate of drug-likeness (QED) is 0.864. The molecule has 6 nitrogen and oxygen atoms in total. The summed E-state index contributed by atoms with van der Waals surface area (Å²) < 4.78 is 0. The van der Waals surface area contributed by atoms with Crippen LogP contribution in [0.25, 0.3) is 0 Å². The van der Waals surface area contributed by atoms with Crippen LogP contribution in [0.5, 0.6) is 0 Å². The Morgan fingerprint density at radius 3 is 2.38 bits per heavy atom. The van der Waals surface area contributed by atoms with Gasteiger partial charge in [-0.05, 0) is 36.8 Å². The summed E-state index contributed by atoms with van der Waals surface area (Å²) in [5.41, 5.74) is 8.36. The number of hydrogen-bond donors (Lipinski definition) is 2. The van der Waals surface area contributed by atoms with Crippen molar-refractivity contribution in [2.24, 2.45) is 11.7 Å². The minimum Gasteiger partial charge on any atom is -0.366 e. The number of primary amides is 1. The zero-order valence-corrected chi connectivity index (χ0v) is 14.6. The highest BCUT2D eigenvalue weighted by molar-refractivity contribution is 5.98. The van der Waals surface area contributed by atoms with E-state index >= 15 is 0 Å². The molecule has 1 unspecified atom stereocenters. The highest BCUT2D eigenvalue weighted by atomic mass is 16.2. The van der Waals surface area contributed by atoms with E-state index in [2.05, 4.69) is 5.32 Å². The number of nitrogens with two attached hydrogens (primary N) is 1. The summed E-state index contributed by atoms with van der Waals surface area (Å²) >= 11 is 0. The van der Waals surface area contributed by atoms with Crippen molar-refractivity contribution in [1.82, 2.24) is 4.90 Å². The monoisotopic (exact) mass is 351 g/mol. The predicted octanol–water partition coefficient (Wildman–Crippen LogP) is 2.08. The molecule has 0 bridgehead atoms. The number of amides is 3. The molecule has 2 aromatic carbocycles. The van der Waals surface area contributed by atoms with Crippen LogP contribution < -0.4 is 11.1 Å². The number of benzene rings is 2. The van der Waals surface area contributed by atoms with Crippen molar-refractivity contribution in [1.29, 1.82) is 0 Å². The Bertz CT molecular complexity index is 828. The summed E-state index contributed by atoms with van der Waals surface area (Å²) in [5, 5.41) is 2.79. The maximum absolute atomic E-state index is 12.4. The zero-order valence-electron chi connectivity index (χ0n) is 14.6. The Kier molecular flexibility index (Phi) is 5.02. The standard InChI is InChI=1S/C20H21N3O3/c1-13-2-4-14(5-3-13)11-23-12-16(10-18(23)24)20(26)22-17-8-6-15(7-9-17)19(21)25/h2-9,16H,10-12H2,1H3,(H2,21,25)(H,22,26). The van der Waals surface area contributed by atoms with Crippen LogP contribution in [0.15, 0.2) is 48.5 Å². The number of likely N-dealkylation sites (tertiary alicyclic amines) is 1. The second-order valence-electron chi connectivity index (χ2n) is 6.59. The summed E-state index contributed by atoms with van der Waals surface area (Å²) in [6.07, 6.45) is 0.205. The maximum Gasteiger partial charge on any atom is 0.248 e. The summed E-state index contributed by atoms with van der Waals surface area (Å²) in [6.45, 7) is 2.93. The Hall–Kier alpha value is -3.15. The van der Waals surface area contributed by atoms with Gasteiger partial charge in [-0.25, -0.2) is 0 Å². The van der Waals surface area contributed by atoms with Crippen LogP contribution in [0, 0.1) is 12.8 Å². The minimum absolute atomic E-state index is 0.0187. The van der Waals surface area contributed by atoms with E-state index < -0.39 is 5.91 Å². The van der Waals surface area contributed by atoms with Gasteiger partial charge in [0.1, 0.15) is 0 Å². The van der Waals surface area contributed by atoms with E-state index in [0.29, 0.717) is 24.3 Å². The van der Waals surface area contributed by atoms with Gasteiger partial charge in [-0.1, -0.05) is 29.8 Å². The maximum atomic E-state index is 12.4. The van der Waals surface area contributed by atoms with E-state index in [4.69, 9.17) is 5.73 Å². The molecule has 26 heavy (non-hydrogen) atoms. The molecule has 1 saturated heterocycles. The van der Waals surface area contributed by atoms with Gasteiger partial charge in [-0.15, -0.1) is 0 Å². The second kappa shape index (κ2) is 7.39. The van der Waals surface area contributed by atoms with Crippen LogP contribution in [0.1, 0.15) is 27.9 Å². The van der Waals surface area contributed by atoms with Gasteiger partial charge in [0.15, 0.2) is 0 Å². The third kappa shape index (κ3) is 4.08. The molecule has 3 amide bonds. The molecule has 1 aliphatic rings. The molecule has 0 aliphatic carbocycles. The Morgan fingerprint density at radius 2 is 1.77 bits per heavy atom. The van der Waals surface area contributed by atoms with Crippen molar-refractivity contribution < 1.29 is 14.4 Å². The molecule has 1 heterocycles. The highest BCUT2D eigenvalue weighted by Gasteiger charge is 2.34. The topological polar surface area (TPSA) is 92.5 Å². The van der Waals surface area contributed by atoms with Crippen molar-refractivity contribution in [3.05, 3.63) is 65.2 Å². The number of aryl methyl sites for hydroxylation is 1. The first kappa shape index (κ1) is 17.7. The van der Waals surface area contributed by atoms with Crippen LogP contribution in [0.4, 0.5) is 5.69 Å². The van der Waals surface area contributed by atoms with Gasteiger partial charge in [0.25, 0.3) is 0 Å². The molecule has 6 heteroatoms. The van der Waals surface area contributed by atoms with Crippen LogP contribution >= 0.6 is 0 Å². The third-order valence-corrected chi connectivity index (χ3v) is 4.52. The Balaban J connectivity index is 1.59. The van der Waals surface area contributed by atoms with Crippen LogP contribution in [-0.2, 0) is 16.1 Å². The molecular formula is C20H21N3O3. The van der Waals surface area contributed by atoms with Crippen molar-refractivity contribution in [3.8, 4) is 0 Å². The van der Waals surface area contributed by atoms with Gasteiger partial charge in [0.2, 0.25) is 17.7 Å². The van der Waals surface area contributed by atoms with Gasteiger partial charge >= 0.3 is 0 Å². The van der Waals surface area contributed by atoms with Crippen molar-refractivity contribution in [2.45, 2.75) is 19.9 Å². The molecule has 134 valence electrons.